The van der Waals surface area contributed by atoms with E-state index in [2.05, 4.69) is 46.5 Å². The van der Waals surface area contributed by atoms with Crippen molar-refractivity contribution in [3.63, 3.8) is 0 Å². The molecular formula is C13H27N. The van der Waals surface area contributed by atoms with Crippen molar-refractivity contribution in [1.29, 1.82) is 0 Å². The summed E-state index contributed by atoms with van der Waals surface area (Å²) >= 11 is 0. The highest BCUT2D eigenvalue weighted by atomic mass is 15.0. The number of nitrogens with one attached hydrogen (secondary N) is 1. The van der Waals surface area contributed by atoms with Crippen LogP contribution in [0.15, 0.2) is 12.7 Å². The molecule has 1 heteroatoms. The Morgan fingerprint density at radius 2 is 1.71 bits per heavy atom. The van der Waals surface area contributed by atoms with Crippen molar-refractivity contribution in [1.82, 2.24) is 5.32 Å². The Balaban J connectivity index is 3.99. The van der Waals surface area contributed by atoms with E-state index < -0.39 is 0 Å². The SMILES string of the molecule is C=CC(C)(C)NC(C)(C)CCCCC. The smallest absolute Gasteiger partial charge is 0.0309 e. The predicted molar refractivity (Wildman–Crippen MR) is 65.6 cm³/mol. The Bertz CT molecular complexity index is 168. The lowest BCUT2D eigenvalue weighted by Crippen LogP contribution is -2.50. The summed E-state index contributed by atoms with van der Waals surface area (Å²) in [5.74, 6) is 0. The van der Waals surface area contributed by atoms with Gasteiger partial charge in [-0.1, -0.05) is 32.3 Å². The van der Waals surface area contributed by atoms with Crippen LogP contribution in [0.25, 0.3) is 0 Å². The summed E-state index contributed by atoms with van der Waals surface area (Å²) in [5.41, 5.74) is 0.253. The molecule has 0 fully saturated rings. The Morgan fingerprint density at radius 3 is 2.14 bits per heavy atom. The molecule has 0 heterocycles. The number of hydrogen-bond donors (Lipinski definition) is 1. The fourth-order valence-electron chi connectivity index (χ4n) is 1.80. The van der Waals surface area contributed by atoms with Gasteiger partial charge in [-0.3, -0.25) is 0 Å². The standard InChI is InChI=1S/C13H27N/c1-7-9-10-11-13(5,6)14-12(3,4)8-2/h8,14H,2,7,9-11H2,1,3-6H3. The van der Waals surface area contributed by atoms with Gasteiger partial charge in [-0.15, -0.1) is 6.58 Å². The first-order valence-electron chi connectivity index (χ1n) is 5.76. The molecule has 0 bridgehead atoms. The third kappa shape index (κ3) is 6.20. The molecule has 1 N–H and O–H groups in total. The largest absolute Gasteiger partial charge is 0.303 e. The monoisotopic (exact) mass is 197 g/mol. The van der Waals surface area contributed by atoms with Crippen molar-refractivity contribution in [2.24, 2.45) is 0 Å². The molecule has 0 aliphatic rings. The molecule has 0 aromatic heterocycles. The quantitative estimate of drug-likeness (QED) is 0.482. The third-order valence-electron chi connectivity index (χ3n) is 2.58. The summed E-state index contributed by atoms with van der Waals surface area (Å²) in [6.07, 6.45) is 7.15. The van der Waals surface area contributed by atoms with Gasteiger partial charge in [-0.2, -0.15) is 0 Å². The van der Waals surface area contributed by atoms with Crippen LogP contribution in [0.1, 0.15) is 60.3 Å². The van der Waals surface area contributed by atoms with Crippen molar-refractivity contribution in [3.05, 3.63) is 12.7 Å². The van der Waals surface area contributed by atoms with Gasteiger partial charge in [0.05, 0.1) is 0 Å². The van der Waals surface area contributed by atoms with Crippen LogP contribution in [0.3, 0.4) is 0 Å². The van der Waals surface area contributed by atoms with E-state index >= 15 is 0 Å². The maximum atomic E-state index is 3.85. The first kappa shape index (κ1) is 13.7. The summed E-state index contributed by atoms with van der Waals surface area (Å²) in [6.45, 7) is 15.0. The van der Waals surface area contributed by atoms with E-state index in [1.165, 1.54) is 25.7 Å². The molecule has 0 amide bonds. The fraction of sp³-hybridized carbons (Fsp3) is 0.846. The van der Waals surface area contributed by atoms with Gasteiger partial charge in [-0.25, -0.2) is 0 Å². The predicted octanol–water partition coefficient (Wildman–Crippen LogP) is 3.90. The molecule has 0 aromatic carbocycles. The highest BCUT2D eigenvalue weighted by Crippen LogP contribution is 2.18. The zero-order valence-corrected chi connectivity index (χ0v) is 10.6. The molecule has 0 saturated heterocycles. The molecule has 14 heavy (non-hydrogen) atoms. The molecular weight excluding hydrogens is 170 g/mol. The topological polar surface area (TPSA) is 12.0 Å². The van der Waals surface area contributed by atoms with Crippen LogP contribution in [-0.4, -0.2) is 11.1 Å². The molecule has 0 aliphatic carbocycles. The molecule has 0 unspecified atom stereocenters. The van der Waals surface area contributed by atoms with E-state index in [-0.39, 0.29) is 11.1 Å². The van der Waals surface area contributed by atoms with E-state index in [0.29, 0.717) is 0 Å². The summed E-state index contributed by atoms with van der Waals surface area (Å²) in [7, 11) is 0. The molecule has 84 valence electrons. The zero-order chi connectivity index (χ0) is 11.2. The van der Waals surface area contributed by atoms with Gasteiger partial charge < -0.3 is 5.32 Å². The Morgan fingerprint density at radius 1 is 1.14 bits per heavy atom. The van der Waals surface area contributed by atoms with E-state index in [1.807, 2.05) is 6.08 Å². The number of rotatable bonds is 7. The molecule has 0 spiro atoms. The van der Waals surface area contributed by atoms with Crippen molar-refractivity contribution < 1.29 is 0 Å². The minimum atomic E-state index is 0.0374. The lowest BCUT2D eigenvalue weighted by Gasteiger charge is -2.35. The summed E-state index contributed by atoms with van der Waals surface area (Å²) < 4.78 is 0. The van der Waals surface area contributed by atoms with E-state index in [9.17, 15) is 0 Å². The van der Waals surface area contributed by atoms with Crippen molar-refractivity contribution in [2.45, 2.75) is 71.4 Å². The lowest BCUT2D eigenvalue weighted by atomic mass is 9.92. The van der Waals surface area contributed by atoms with Crippen molar-refractivity contribution in [2.75, 3.05) is 0 Å². The van der Waals surface area contributed by atoms with Crippen LogP contribution in [0.4, 0.5) is 0 Å². The van der Waals surface area contributed by atoms with E-state index in [4.69, 9.17) is 0 Å². The van der Waals surface area contributed by atoms with Gasteiger partial charge >= 0.3 is 0 Å². The fourth-order valence-corrected chi connectivity index (χ4v) is 1.80. The summed E-state index contributed by atoms with van der Waals surface area (Å²) in [4.78, 5) is 0. The molecule has 0 saturated carbocycles. The van der Waals surface area contributed by atoms with Crippen LogP contribution in [0.2, 0.25) is 0 Å². The first-order chi connectivity index (χ1) is 6.33. The van der Waals surface area contributed by atoms with Crippen LogP contribution < -0.4 is 5.32 Å². The Kier molecular flexibility index (Phi) is 5.43. The number of hydrogen-bond acceptors (Lipinski definition) is 1. The molecule has 0 radical (unpaired) electrons. The minimum Gasteiger partial charge on any atom is -0.303 e. The average Bonchev–Trinajstić information content (AvgIpc) is 2.03. The maximum absolute atomic E-state index is 3.85. The second-order valence-electron chi connectivity index (χ2n) is 5.39. The van der Waals surface area contributed by atoms with Crippen LogP contribution >= 0.6 is 0 Å². The molecule has 1 nitrogen and oxygen atoms in total. The van der Waals surface area contributed by atoms with Gasteiger partial charge in [0.25, 0.3) is 0 Å². The van der Waals surface area contributed by atoms with Gasteiger partial charge in [0.15, 0.2) is 0 Å². The van der Waals surface area contributed by atoms with E-state index in [0.717, 1.165) is 0 Å². The molecule has 0 aliphatic heterocycles. The summed E-state index contributed by atoms with van der Waals surface area (Å²) in [6, 6.07) is 0. The van der Waals surface area contributed by atoms with Crippen molar-refractivity contribution >= 4 is 0 Å². The van der Waals surface area contributed by atoms with Crippen LogP contribution in [0, 0.1) is 0 Å². The van der Waals surface area contributed by atoms with E-state index in [1.54, 1.807) is 0 Å². The second kappa shape index (κ2) is 5.55. The van der Waals surface area contributed by atoms with Crippen LogP contribution in [0.5, 0.6) is 0 Å². The van der Waals surface area contributed by atoms with Gasteiger partial charge in [-0.05, 0) is 34.1 Å². The summed E-state index contributed by atoms with van der Waals surface area (Å²) in [5, 5.41) is 3.62. The first-order valence-corrected chi connectivity index (χ1v) is 5.76. The Hall–Kier alpha value is -0.300. The minimum absolute atomic E-state index is 0.0374. The molecule has 0 rings (SSSR count). The Labute approximate surface area is 90.0 Å². The third-order valence-corrected chi connectivity index (χ3v) is 2.58. The normalized spacial score (nSPS) is 12.9. The molecule has 0 atom stereocenters. The molecule has 0 aromatic rings. The second-order valence-corrected chi connectivity index (χ2v) is 5.39. The lowest BCUT2D eigenvalue weighted by molar-refractivity contribution is 0.282. The highest BCUT2D eigenvalue weighted by molar-refractivity contribution is 4.99. The maximum Gasteiger partial charge on any atom is 0.0309 e. The average molecular weight is 197 g/mol. The van der Waals surface area contributed by atoms with Gasteiger partial charge in [0, 0.05) is 11.1 Å². The zero-order valence-electron chi connectivity index (χ0n) is 10.6. The highest BCUT2D eigenvalue weighted by Gasteiger charge is 2.24. The van der Waals surface area contributed by atoms with Crippen LogP contribution in [-0.2, 0) is 0 Å². The van der Waals surface area contributed by atoms with Gasteiger partial charge in [0.1, 0.15) is 0 Å². The van der Waals surface area contributed by atoms with Crippen molar-refractivity contribution in [3.8, 4) is 0 Å². The van der Waals surface area contributed by atoms with Gasteiger partial charge in [0.2, 0.25) is 0 Å². The number of unbranched alkanes of at least 4 members (excludes halogenated alkanes) is 2.